The molecule has 0 bridgehead atoms. The van der Waals surface area contributed by atoms with Crippen molar-refractivity contribution in [3.63, 3.8) is 0 Å². The number of hydrogen-bond acceptors (Lipinski definition) is 0. The Labute approximate surface area is 153 Å². The summed E-state index contributed by atoms with van der Waals surface area (Å²) in [6, 6.07) is 30.7. The van der Waals surface area contributed by atoms with E-state index in [4.69, 9.17) is 0 Å². The number of hydrogen-bond donors (Lipinski definition) is 0. The van der Waals surface area contributed by atoms with Gasteiger partial charge >= 0.3 is 0 Å². The largest absolute Gasteiger partial charge is 0.220 e. The molecule has 0 unspecified atom stereocenters. The van der Waals surface area contributed by atoms with Gasteiger partial charge in [0.05, 0.1) is 10.9 Å². The number of benzene rings is 4. The van der Waals surface area contributed by atoms with E-state index in [-0.39, 0.29) is 0 Å². The quantitative estimate of drug-likeness (QED) is 0.263. The molecular weight excluding hydrogens is 314 g/mol. The molecule has 0 saturated heterocycles. The van der Waals surface area contributed by atoms with Crippen molar-refractivity contribution in [2.45, 2.75) is 6.92 Å². The molecule has 0 radical (unpaired) electrons. The molecule has 1 heteroatoms. The zero-order valence-corrected chi connectivity index (χ0v) is 15.0. The monoisotopic (exact) mass is 334 g/mol. The summed E-state index contributed by atoms with van der Waals surface area (Å²) in [5, 5.41) is 6.44. The fourth-order valence-electron chi connectivity index (χ4n) is 4.15. The predicted octanol–water partition coefficient (Wildman–Crippen LogP) is 5.95. The van der Waals surface area contributed by atoms with E-state index in [1.165, 1.54) is 49.3 Å². The molecule has 1 nitrogen and oxygen atoms in total. The van der Waals surface area contributed by atoms with Crippen LogP contribution in [0.1, 0.15) is 5.56 Å². The van der Waals surface area contributed by atoms with E-state index < -0.39 is 0 Å². The maximum Gasteiger partial charge on any atom is 0.220 e. The first-order valence-electron chi connectivity index (χ1n) is 9.03. The molecule has 4 aromatic carbocycles. The van der Waals surface area contributed by atoms with Crippen LogP contribution < -0.4 is 4.57 Å². The van der Waals surface area contributed by atoms with Gasteiger partial charge in [0.15, 0.2) is 0 Å². The van der Waals surface area contributed by atoms with Crippen molar-refractivity contribution in [3.05, 3.63) is 90.5 Å². The molecule has 124 valence electrons. The van der Waals surface area contributed by atoms with Crippen LogP contribution in [0.4, 0.5) is 0 Å². The number of nitrogens with zero attached hydrogens (tertiary/aromatic N) is 1. The highest BCUT2D eigenvalue weighted by atomic mass is 14.9. The van der Waals surface area contributed by atoms with E-state index in [9.17, 15) is 0 Å². The summed E-state index contributed by atoms with van der Waals surface area (Å²) in [6.07, 6.45) is 0. The van der Waals surface area contributed by atoms with Crippen LogP contribution in [0, 0.1) is 6.92 Å². The minimum Gasteiger partial charge on any atom is -0.194 e. The summed E-state index contributed by atoms with van der Waals surface area (Å²) in [6.45, 7) is 2.20. The van der Waals surface area contributed by atoms with Gasteiger partial charge in [0.25, 0.3) is 0 Å². The van der Waals surface area contributed by atoms with Crippen molar-refractivity contribution in [3.8, 4) is 11.3 Å². The van der Waals surface area contributed by atoms with Gasteiger partial charge in [0, 0.05) is 11.5 Å². The van der Waals surface area contributed by atoms with Crippen LogP contribution in [0.25, 0.3) is 43.7 Å². The summed E-state index contributed by atoms with van der Waals surface area (Å²) in [5.74, 6) is 0. The lowest BCUT2D eigenvalue weighted by Gasteiger charge is -2.11. The van der Waals surface area contributed by atoms with Gasteiger partial charge in [-0.1, -0.05) is 60.7 Å². The summed E-state index contributed by atoms with van der Waals surface area (Å²) >= 11 is 0. The van der Waals surface area contributed by atoms with Gasteiger partial charge in [0.2, 0.25) is 11.2 Å². The van der Waals surface area contributed by atoms with Crippen molar-refractivity contribution in [2.75, 3.05) is 0 Å². The molecule has 5 rings (SSSR count). The van der Waals surface area contributed by atoms with Crippen LogP contribution in [0.15, 0.2) is 84.9 Å². The SMILES string of the molecule is Cc1ccc2ccccc2c1-c1ccc2ccc3ccccc3c2[n+]1C. The normalized spacial score (nSPS) is 11.5. The molecule has 0 atom stereocenters. The lowest BCUT2D eigenvalue weighted by Crippen LogP contribution is -2.32. The summed E-state index contributed by atoms with van der Waals surface area (Å²) < 4.78 is 2.35. The average molecular weight is 334 g/mol. The van der Waals surface area contributed by atoms with Gasteiger partial charge in [-0.2, -0.15) is 4.57 Å². The van der Waals surface area contributed by atoms with Crippen LogP contribution in [0.2, 0.25) is 0 Å². The zero-order valence-electron chi connectivity index (χ0n) is 15.0. The Morgan fingerprint density at radius 2 is 1.15 bits per heavy atom. The van der Waals surface area contributed by atoms with E-state index in [0.29, 0.717) is 0 Å². The number of fused-ring (bicyclic) bond motifs is 4. The number of pyridine rings is 1. The van der Waals surface area contributed by atoms with Crippen molar-refractivity contribution in [2.24, 2.45) is 7.05 Å². The molecule has 1 aromatic heterocycles. The van der Waals surface area contributed by atoms with Crippen molar-refractivity contribution >= 4 is 32.4 Å². The Balaban J connectivity index is 1.94. The smallest absolute Gasteiger partial charge is 0.194 e. The summed E-state index contributed by atoms with van der Waals surface area (Å²) in [4.78, 5) is 0. The van der Waals surface area contributed by atoms with Crippen LogP contribution in [-0.4, -0.2) is 0 Å². The lowest BCUT2D eigenvalue weighted by atomic mass is 9.95. The van der Waals surface area contributed by atoms with Crippen LogP contribution in [0.3, 0.4) is 0 Å². The number of rotatable bonds is 1. The molecule has 0 saturated carbocycles. The Kier molecular flexibility index (Phi) is 3.29. The minimum atomic E-state index is 1.25. The Morgan fingerprint density at radius 1 is 0.577 bits per heavy atom. The van der Waals surface area contributed by atoms with E-state index in [1.54, 1.807) is 0 Å². The van der Waals surface area contributed by atoms with Gasteiger partial charge in [-0.05, 0) is 46.8 Å². The first-order chi connectivity index (χ1) is 12.7. The van der Waals surface area contributed by atoms with Gasteiger partial charge in [-0.3, -0.25) is 0 Å². The fourth-order valence-corrected chi connectivity index (χ4v) is 4.15. The molecular formula is C25H20N+. The van der Waals surface area contributed by atoms with E-state index in [1.807, 2.05) is 0 Å². The van der Waals surface area contributed by atoms with Crippen molar-refractivity contribution in [1.29, 1.82) is 0 Å². The molecule has 0 N–H and O–H groups in total. The minimum absolute atomic E-state index is 1.25. The van der Waals surface area contributed by atoms with Gasteiger partial charge in [0.1, 0.15) is 7.05 Å². The highest BCUT2D eigenvalue weighted by molar-refractivity contribution is 6.04. The molecule has 0 aliphatic rings. The van der Waals surface area contributed by atoms with Crippen LogP contribution >= 0.6 is 0 Å². The Hall–Kier alpha value is -3.19. The highest BCUT2D eigenvalue weighted by Crippen LogP contribution is 2.32. The maximum atomic E-state index is 2.35. The summed E-state index contributed by atoms with van der Waals surface area (Å²) in [5.41, 5.74) is 5.16. The van der Waals surface area contributed by atoms with E-state index >= 15 is 0 Å². The second-order valence-electron chi connectivity index (χ2n) is 6.98. The van der Waals surface area contributed by atoms with E-state index in [0.717, 1.165) is 0 Å². The molecule has 5 aromatic rings. The third kappa shape index (κ3) is 2.14. The molecule has 0 amide bonds. The Morgan fingerprint density at radius 3 is 1.96 bits per heavy atom. The van der Waals surface area contributed by atoms with Gasteiger partial charge in [-0.15, -0.1) is 0 Å². The number of aromatic nitrogens is 1. The van der Waals surface area contributed by atoms with Gasteiger partial charge < -0.3 is 0 Å². The molecule has 26 heavy (non-hydrogen) atoms. The van der Waals surface area contributed by atoms with E-state index in [2.05, 4.69) is 103 Å². The second kappa shape index (κ2) is 5.67. The maximum absolute atomic E-state index is 2.35. The fraction of sp³-hybridized carbons (Fsp3) is 0.0800. The third-order valence-corrected chi connectivity index (χ3v) is 5.44. The Bertz CT molecular complexity index is 1300. The third-order valence-electron chi connectivity index (χ3n) is 5.44. The average Bonchev–Trinajstić information content (AvgIpc) is 2.68. The van der Waals surface area contributed by atoms with Gasteiger partial charge in [-0.25, -0.2) is 0 Å². The number of aryl methyl sites for hydroxylation is 2. The second-order valence-corrected chi connectivity index (χ2v) is 6.98. The molecule has 0 fully saturated rings. The zero-order chi connectivity index (χ0) is 17.7. The van der Waals surface area contributed by atoms with Crippen LogP contribution in [0.5, 0.6) is 0 Å². The molecule has 0 aliphatic heterocycles. The molecule has 0 aliphatic carbocycles. The predicted molar refractivity (Wildman–Crippen MR) is 110 cm³/mol. The first-order valence-corrected chi connectivity index (χ1v) is 9.03. The lowest BCUT2D eigenvalue weighted by molar-refractivity contribution is -0.632. The topological polar surface area (TPSA) is 3.88 Å². The standard InChI is InChI=1S/C25H20N/c1-17-11-12-18-7-3-5-9-21(18)24(17)23-16-15-20-14-13-19-8-4-6-10-22(19)25(20)26(23)2/h3-16H,1-2H3/q+1. The highest BCUT2D eigenvalue weighted by Gasteiger charge is 2.19. The first kappa shape index (κ1) is 15.1. The van der Waals surface area contributed by atoms with Crippen LogP contribution in [-0.2, 0) is 7.05 Å². The van der Waals surface area contributed by atoms with Crippen molar-refractivity contribution < 1.29 is 4.57 Å². The molecule has 0 spiro atoms. The van der Waals surface area contributed by atoms with Crippen molar-refractivity contribution in [1.82, 2.24) is 0 Å². The summed E-state index contributed by atoms with van der Waals surface area (Å²) in [7, 11) is 2.19. The molecule has 1 heterocycles.